The molecule has 4 nitrogen and oxygen atoms in total. The summed E-state index contributed by atoms with van der Waals surface area (Å²) < 4.78 is 5.57. The third kappa shape index (κ3) is 16.3. The molecule has 0 fully saturated rings. The first kappa shape index (κ1) is 22.6. The van der Waals surface area contributed by atoms with Gasteiger partial charge in [0.15, 0.2) is 8.32 Å². The number of carbonyl (C=O) groups excluding carboxylic acids is 1. The van der Waals surface area contributed by atoms with Gasteiger partial charge in [-0.25, -0.2) is 0 Å². The summed E-state index contributed by atoms with van der Waals surface area (Å²) in [6.07, 6.45) is 11.8. The smallest absolute Gasteiger partial charge is 0.219 e. The lowest BCUT2D eigenvalue weighted by atomic mass is 10.1. The number of nitrogens with one attached hydrogen (secondary N) is 2. The third-order valence-electron chi connectivity index (χ3n) is 4.41. The number of amides is 1. The number of unbranched alkanes of at least 4 members (excludes halogenated alkanes) is 7. The molecule has 0 aromatic rings. The van der Waals surface area contributed by atoms with E-state index in [1.807, 2.05) is 14.2 Å². The van der Waals surface area contributed by atoms with Crippen molar-refractivity contribution in [1.82, 2.24) is 10.6 Å². The van der Waals surface area contributed by atoms with E-state index in [-0.39, 0.29) is 5.91 Å². The van der Waals surface area contributed by atoms with Crippen molar-refractivity contribution in [2.24, 2.45) is 0 Å². The zero-order chi connectivity index (χ0) is 17.4. The quantitative estimate of drug-likeness (QED) is 0.328. The second-order valence-electron chi connectivity index (χ2n) is 7.10. The summed E-state index contributed by atoms with van der Waals surface area (Å²) in [5, 5.41) is 6.05. The molecule has 0 aliphatic carbocycles. The Morgan fingerprint density at radius 2 is 1.43 bits per heavy atom. The van der Waals surface area contributed by atoms with E-state index in [4.69, 9.17) is 4.43 Å². The molecule has 0 aliphatic rings. The largest absolute Gasteiger partial charge is 0.420 e. The number of rotatable bonds is 16. The Morgan fingerprint density at radius 1 is 0.870 bits per heavy atom. The SMILES string of the molecule is CNCCCNC(=O)CCCCCCCCCC[Si](C)(C)OC. The summed E-state index contributed by atoms with van der Waals surface area (Å²) >= 11 is 0. The van der Waals surface area contributed by atoms with Crippen LogP contribution in [0.2, 0.25) is 19.1 Å². The summed E-state index contributed by atoms with van der Waals surface area (Å²) in [4.78, 5) is 11.6. The zero-order valence-electron chi connectivity index (χ0n) is 16.0. The van der Waals surface area contributed by atoms with E-state index in [0.29, 0.717) is 6.42 Å². The van der Waals surface area contributed by atoms with Crippen molar-refractivity contribution in [3.8, 4) is 0 Å². The molecule has 138 valence electrons. The van der Waals surface area contributed by atoms with Gasteiger partial charge < -0.3 is 15.1 Å². The Kier molecular flexibility index (Phi) is 14.9. The molecule has 0 heterocycles. The Balaban J connectivity index is 3.23. The Bertz CT molecular complexity index is 286. The Labute approximate surface area is 145 Å². The van der Waals surface area contributed by atoms with Crippen LogP contribution in [0.25, 0.3) is 0 Å². The lowest BCUT2D eigenvalue weighted by Crippen LogP contribution is -2.27. The van der Waals surface area contributed by atoms with Gasteiger partial charge in [0, 0.05) is 20.1 Å². The van der Waals surface area contributed by atoms with E-state index in [0.717, 1.165) is 25.9 Å². The normalized spacial score (nSPS) is 11.7. The van der Waals surface area contributed by atoms with Gasteiger partial charge >= 0.3 is 0 Å². The lowest BCUT2D eigenvalue weighted by Gasteiger charge is -2.19. The molecule has 23 heavy (non-hydrogen) atoms. The van der Waals surface area contributed by atoms with Gasteiger partial charge in [0.05, 0.1) is 0 Å². The van der Waals surface area contributed by atoms with Crippen LogP contribution in [0.4, 0.5) is 0 Å². The van der Waals surface area contributed by atoms with Gasteiger partial charge in [-0.1, -0.05) is 44.9 Å². The average Bonchev–Trinajstić information content (AvgIpc) is 2.53. The molecule has 0 atom stereocenters. The van der Waals surface area contributed by atoms with E-state index in [9.17, 15) is 4.79 Å². The fraction of sp³-hybridized carbons (Fsp3) is 0.944. The van der Waals surface area contributed by atoms with Gasteiger partial charge in [0.2, 0.25) is 5.91 Å². The molecule has 1 amide bonds. The predicted molar refractivity (Wildman–Crippen MR) is 102 cm³/mol. The van der Waals surface area contributed by atoms with Crippen LogP contribution in [-0.2, 0) is 9.22 Å². The van der Waals surface area contributed by atoms with Gasteiger partial charge in [-0.05, 0) is 45.6 Å². The fourth-order valence-electron chi connectivity index (χ4n) is 2.58. The maximum absolute atomic E-state index is 11.6. The van der Waals surface area contributed by atoms with E-state index < -0.39 is 8.32 Å². The van der Waals surface area contributed by atoms with E-state index in [1.165, 1.54) is 51.0 Å². The van der Waals surface area contributed by atoms with Crippen molar-refractivity contribution in [2.75, 3.05) is 27.2 Å². The molecule has 5 heteroatoms. The van der Waals surface area contributed by atoms with Crippen molar-refractivity contribution in [1.29, 1.82) is 0 Å². The maximum atomic E-state index is 11.6. The molecule has 2 N–H and O–H groups in total. The van der Waals surface area contributed by atoms with Gasteiger partial charge in [-0.15, -0.1) is 0 Å². The molecule has 0 aromatic carbocycles. The van der Waals surface area contributed by atoms with Crippen LogP contribution in [0.15, 0.2) is 0 Å². The summed E-state index contributed by atoms with van der Waals surface area (Å²) in [5.41, 5.74) is 0. The molecular weight excluding hydrogens is 304 g/mol. The highest BCUT2D eigenvalue weighted by Gasteiger charge is 2.18. The van der Waals surface area contributed by atoms with Crippen LogP contribution in [0.3, 0.4) is 0 Å². The third-order valence-corrected chi connectivity index (χ3v) is 7.07. The van der Waals surface area contributed by atoms with Crippen molar-refractivity contribution < 1.29 is 9.22 Å². The number of hydrogen-bond acceptors (Lipinski definition) is 3. The highest BCUT2D eigenvalue weighted by atomic mass is 28.4. The first-order valence-electron chi connectivity index (χ1n) is 9.48. The van der Waals surface area contributed by atoms with Crippen molar-refractivity contribution >= 4 is 14.2 Å². The summed E-state index contributed by atoms with van der Waals surface area (Å²) in [6.45, 7) is 6.35. The number of carbonyl (C=O) groups is 1. The van der Waals surface area contributed by atoms with Crippen LogP contribution in [0, 0.1) is 0 Å². The highest BCUT2D eigenvalue weighted by Crippen LogP contribution is 2.16. The maximum Gasteiger partial charge on any atom is 0.219 e. The highest BCUT2D eigenvalue weighted by molar-refractivity contribution is 6.71. The molecule has 0 rings (SSSR count). The van der Waals surface area contributed by atoms with Crippen LogP contribution < -0.4 is 10.6 Å². The Hall–Kier alpha value is -0.393. The molecule has 0 spiro atoms. The minimum absolute atomic E-state index is 0.214. The van der Waals surface area contributed by atoms with Gasteiger partial charge in [-0.3, -0.25) is 4.79 Å². The van der Waals surface area contributed by atoms with Crippen molar-refractivity contribution in [3.63, 3.8) is 0 Å². The molecule has 0 bridgehead atoms. The minimum atomic E-state index is -1.33. The second-order valence-corrected chi connectivity index (χ2v) is 11.5. The molecule has 0 aromatic heterocycles. The van der Waals surface area contributed by atoms with Gasteiger partial charge in [-0.2, -0.15) is 0 Å². The topological polar surface area (TPSA) is 50.4 Å². The summed E-state index contributed by atoms with van der Waals surface area (Å²) in [6, 6.07) is 1.28. The first-order chi connectivity index (χ1) is 11.0. The molecule has 0 saturated heterocycles. The standard InChI is InChI=1S/C18H40N2O2Si/c1-19-15-13-16-20-18(21)14-11-9-7-5-6-8-10-12-17-23(3,4)22-2/h19H,5-17H2,1-4H3,(H,20,21). The minimum Gasteiger partial charge on any atom is -0.420 e. The fourth-order valence-corrected chi connectivity index (χ4v) is 3.89. The monoisotopic (exact) mass is 344 g/mol. The lowest BCUT2D eigenvalue weighted by molar-refractivity contribution is -0.121. The van der Waals surface area contributed by atoms with E-state index in [1.54, 1.807) is 0 Å². The molecule has 0 aliphatic heterocycles. The second kappa shape index (κ2) is 15.2. The van der Waals surface area contributed by atoms with Gasteiger partial charge in [0.1, 0.15) is 0 Å². The van der Waals surface area contributed by atoms with Crippen LogP contribution in [-0.4, -0.2) is 41.5 Å². The summed E-state index contributed by atoms with van der Waals surface area (Å²) in [7, 11) is 2.46. The van der Waals surface area contributed by atoms with Gasteiger partial charge in [0.25, 0.3) is 0 Å². The van der Waals surface area contributed by atoms with Crippen molar-refractivity contribution in [3.05, 3.63) is 0 Å². The van der Waals surface area contributed by atoms with Crippen LogP contribution in [0.5, 0.6) is 0 Å². The van der Waals surface area contributed by atoms with E-state index in [2.05, 4.69) is 23.7 Å². The molecule has 0 unspecified atom stereocenters. The molecule has 0 saturated carbocycles. The van der Waals surface area contributed by atoms with E-state index >= 15 is 0 Å². The van der Waals surface area contributed by atoms with Crippen LogP contribution >= 0.6 is 0 Å². The predicted octanol–water partition coefficient (Wildman–Crippen LogP) is 4.07. The number of hydrogen-bond donors (Lipinski definition) is 2. The molecule has 0 radical (unpaired) electrons. The molecular formula is C18H40N2O2Si. The van der Waals surface area contributed by atoms with Crippen molar-refractivity contribution in [2.45, 2.75) is 83.3 Å². The summed E-state index contributed by atoms with van der Waals surface area (Å²) in [5.74, 6) is 0.214. The van der Waals surface area contributed by atoms with Crippen LogP contribution in [0.1, 0.15) is 64.2 Å². The Morgan fingerprint density at radius 3 is 2.00 bits per heavy atom. The average molecular weight is 345 g/mol. The zero-order valence-corrected chi connectivity index (χ0v) is 17.0. The first-order valence-corrected chi connectivity index (χ1v) is 12.6.